The Morgan fingerprint density at radius 2 is 0.500 bits per heavy atom. The van der Waals surface area contributed by atoms with Crippen molar-refractivity contribution in [3.05, 3.63) is 72.9 Å². The standard InChI is InChI=1S/C74H132O6/c1-4-7-10-13-16-19-22-25-28-30-32-33-34-35-36-37-38-39-40-41-43-44-46-49-52-55-58-61-64-67-73(76)79-70-71(69-78-72(75)66-63-60-57-54-51-48-27-24-21-18-15-12-9-6-3)80-74(77)68-65-62-59-56-53-50-47-45-42-31-29-26-23-20-17-14-11-8-5-2/h7,10,15-16,18-19,24-25,27-28,32-33,71H,4-6,8-9,11-14,17,20-23,26,29-31,34-70H2,1-3H3/b10-7-,18-15-,19-16-,27-24-,28-25-,33-32-. The van der Waals surface area contributed by atoms with E-state index in [4.69, 9.17) is 14.2 Å². The molecule has 0 radical (unpaired) electrons. The molecule has 0 rings (SSSR count). The highest BCUT2D eigenvalue weighted by molar-refractivity contribution is 5.71. The van der Waals surface area contributed by atoms with Gasteiger partial charge in [0.05, 0.1) is 0 Å². The SMILES string of the molecule is CC/C=C\C/C=C\C/C=C\C/C=C\CCCCCCCCCCCCCCCCCCC(=O)OCC(COC(=O)CCCCCCC/C=C\C/C=C\CCCC)OC(=O)CCCCCCCCCCCCCCCCCCCCC. The molecule has 0 bridgehead atoms. The van der Waals surface area contributed by atoms with E-state index in [1.54, 1.807) is 0 Å². The highest BCUT2D eigenvalue weighted by atomic mass is 16.6. The molecule has 0 aliphatic rings. The maximum Gasteiger partial charge on any atom is 0.306 e. The van der Waals surface area contributed by atoms with Gasteiger partial charge in [-0.3, -0.25) is 14.4 Å². The van der Waals surface area contributed by atoms with Crippen LogP contribution in [0.25, 0.3) is 0 Å². The number of rotatable bonds is 64. The lowest BCUT2D eigenvalue weighted by atomic mass is 10.0. The first-order valence-corrected chi connectivity index (χ1v) is 34.9. The van der Waals surface area contributed by atoms with Crippen molar-refractivity contribution in [3.63, 3.8) is 0 Å². The number of unbranched alkanes of at least 4 members (excludes halogenated alkanes) is 41. The number of hydrogen-bond acceptors (Lipinski definition) is 6. The summed E-state index contributed by atoms with van der Waals surface area (Å²) in [6, 6.07) is 0. The molecule has 464 valence electrons. The van der Waals surface area contributed by atoms with Crippen LogP contribution in [0.2, 0.25) is 0 Å². The molecule has 1 atom stereocenters. The molecule has 0 aromatic carbocycles. The van der Waals surface area contributed by atoms with Crippen LogP contribution in [0.15, 0.2) is 72.9 Å². The number of ether oxygens (including phenoxy) is 3. The third-order valence-corrected chi connectivity index (χ3v) is 15.4. The minimum Gasteiger partial charge on any atom is -0.462 e. The van der Waals surface area contributed by atoms with E-state index in [9.17, 15) is 14.4 Å². The largest absolute Gasteiger partial charge is 0.462 e. The lowest BCUT2D eigenvalue weighted by molar-refractivity contribution is -0.167. The third-order valence-electron chi connectivity index (χ3n) is 15.4. The molecule has 0 aromatic rings. The van der Waals surface area contributed by atoms with Crippen LogP contribution in [0.1, 0.15) is 361 Å². The molecule has 0 aliphatic heterocycles. The molecule has 80 heavy (non-hydrogen) atoms. The van der Waals surface area contributed by atoms with Crippen LogP contribution in [0.5, 0.6) is 0 Å². The lowest BCUT2D eigenvalue weighted by Gasteiger charge is -2.18. The fourth-order valence-corrected chi connectivity index (χ4v) is 10.2. The van der Waals surface area contributed by atoms with Crippen molar-refractivity contribution < 1.29 is 28.6 Å². The summed E-state index contributed by atoms with van der Waals surface area (Å²) in [4.78, 5) is 38.4. The zero-order valence-corrected chi connectivity index (χ0v) is 53.3. The van der Waals surface area contributed by atoms with Crippen molar-refractivity contribution in [3.8, 4) is 0 Å². The van der Waals surface area contributed by atoms with Crippen molar-refractivity contribution in [1.82, 2.24) is 0 Å². The van der Waals surface area contributed by atoms with Gasteiger partial charge in [0.1, 0.15) is 13.2 Å². The number of esters is 3. The van der Waals surface area contributed by atoms with Crippen LogP contribution >= 0.6 is 0 Å². The van der Waals surface area contributed by atoms with Gasteiger partial charge in [0.25, 0.3) is 0 Å². The first kappa shape index (κ1) is 76.9. The van der Waals surface area contributed by atoms with Crippen LogP contribution in [-0.4, -0.2) is 37.2 Å². The van der Waals surface area contributed by atoms with E-state index in [-0.39, 0.29) is 31.1 Å². The Labute approximate surface area is 497 Å². The second-order valence-electron chi connectivity index (χ2n) is 23.4. The lowest BCUT2D eigenvalue weighted by Crippen LogP contribution is -2.30. The monoisotopic (exact) mass is 1120 g/mol. The Balaban J connectivity index is 4.23. The van der Waals surface area contributed by atoms with Crippen molar-refractivity contribution in [2.24, 2.45) is 0 Å². The maximum absolute atomic E-state index is 12.9. The van der Waals surface area contributed by atoms with Gasteiger partial charge in [-0.15, -0.1) is 0 Å². The molecule has 0 aliphatic carbocycles. The van der Waals surface area contributed by atoms with E-state index < -0.39 is 6.10 Å². The molecule has 1 unspecified atom stereocenters. The quantitative estimate of drug-likeness (QED) is 0.0261. The van der Waals surface area contributed by atoms with Gasteiger partial charge in [-0.25, -0.2) is 0 Å². The van der Waals surface area contributed by atoms with E-state index in [0.29, 0.717) is 19.3 Å². The molecular weight excluding hydrogens is 985 g/mol. The Kier molecular flexibility index (Phi) is 65.7. The summed E-state index contributed by atoms with van der Waals surface area (Å²) in [6.07, 6.45) is 89.3. The predicted molar refractivity (Wildman–Crippen MR) is 348 cm³/mol. The van der Waals surface area contributed by atoms with Gasteiger partial charge in [0.2, 0.25) is 0 Å². The topological polar surface area (TPSA) is 78.9 Å². The first-order chi connectivity index (χ1) is 39.5. The zero-order valence-electron chi connectivity index (χ0n) is 53.3. The van der Waals surface area contributed by atoms with E-state index in [0.717, 1.165) is 103 Å². The highest BCUT2D eigenvalue weighted by Crippen LogP contribution is 2.18. The Morgan fingerprint density at radius 1 is 0.263 bits per heavy atom. The zero-order chi connectivity index (χ0) is 57.8. The van der Waals surface area contributed by atoms with Crippen molar-refractivity contribution >= 4 is 17.9 Å². The van der Waals surface area contributed by atoms with Gasteiger partial charge < -0.3 is 14.2 Å². The summed E-state index contributed by atoms with van der Waals surface area (Å²) >= 11 is 0. The average molecular weight is 1120 g/mol. The fourth-order valence-electron chi connectivity index (χ4n) is 10.2. The van der Waals surface area contributed by atoms with E-state index in [1.165, 1.54) is 218 Å². The average Bonchev–Trinajstić information content (AvgIpc) is 3.46. The van der Waals surface area contributed by atoms with Gasteiger partial charge in [-0.1, -0.05) is 331 Å². The second kappa shape index (κ2) is 68.3. The number of allylic oxidation sites excluding steroid dienone is 12. The van der Waals surface area contributed by atoms with Crippen LogP contribution in [-0.2, 0) is 28.6 Å². The van der Waals surface area contributed by atoms with Crippen molar-refractivity contribution in [1.29, 1.82) is 0 Å². The van der Waals surface area contributed by atoms with E-state index in [1.807, 2.05) is 0 Å². The molecule has 0 spiro atoms. The molecule has 6 heteroatoms. The number of carbonyl (C=O) groups excluding carboxylic acids is 3. The Hall–Kier alpha value is -3.15. The normalized spacial score (nSPS) is 12.5. The Bertz CT molecular complexity index is 1470. The van der Waals surface area contributed by atoms with E-state index >= 15 is 0 Å². The summed E-state index contributed by atoms with van der Waals surface area (Å²) < 4.78 is 17.0. The summed E-state index contributed by atoms with van der Waals surface area (Å²) in [7, 11) is 0. The fraction of sp³-hybridized carbons (Fsp3) is 0.797. The summed E-state index contributed by atoms with van der Waals surface area (Å²) in [6.45, 7) is 6.53. The number of hydrogen-bond donors (Lipinski definition) is 0. The van der Waals surface area contributed by atoms with Gasteiger partial charge in [-0.2, -0.15) is 0 Å². The maximum atomic E-state index is 12.9. The van der Waals surface area contributed by atoms with Crippen LogP contribution < -0.4 is 0 Å². The number of carbonyl (C=O) groups is 3. The molecule has 0 heterocycles. The molecule has 0 amide bonds. The summed E-state index contributed by atoms with van der Waals surface area (Å²) in [5.41, 5.74) is 0. The molecule has 0 aromatic heterocycles. The molecule has 0 saturated carbocycles. The van der Waals surface area contributed by atoms with Crippen molar-refractivity contribution in [2.45, 2.75) is 367 Å². The summed E-state index contributed by atoms with van der Waals surface area (Å²) in [5, 5.41) is 0. The van der Waals surface area contributed by atoms with Crippen LogP contribution in [0, 0.1) is 0 Å². The smallest absolute Gasteiger partial charge is 0.306 e. The van der Waals surface area contributed by atoms with Gasteiger partial charge in [0, 0.05) is 19.3 Å². The highest BCUT2D eigenvalue weighted by Gasteiger charge is 2.19. The summed E-state index contributed by atoms with van der Waals surface area (Å²) in [5.74, 6) is -0.866. The van der Waals surface area contributed by atoms with Gasteiger partial charge >= 0.3 is 17.9 Å². The Morgan fingerprint density at radius 3 is 0.800 bits per heavy atom. The van der Waals surface area contributed by atoms with Gasteiger partial charge in [-0.05, 0) is 83.5 Å². The molecule has 6 nitrogen and oxygen atoms in total. The van der Waals surface area contributed by atoms with Crippen LogP contribution in [0.3, 0.4) is 0 Å². The molecular formula is C74H132O6. The van der Waals surface area contributed by atoms with Crippen LogP contribution in [0.4, 0.5) is 0 Å². The molecule has 0 N–H and O–H groups in total. The third kappa shape index (κ3) is 65.7. The van der Waals surface area contributed by atoms with Gasteiger partial charge in [0.15, 0.2) is 6.10 Å². The minimum atomic E-state index is -0.779. The van der Waals surface area contributed by atoms with Crippen molar-refractivity contribution in [2.75, 3.05) is 13.2 Å². The minimum absolute atomic E-state index is 0.0750. The molecule has 0 fully saturated rings. The van der Waals surface area contributed by atoms with E-state index in [2.05, 4.69) is 93.7 Å². The second-order valence-corrected chi connectivity index (χ2v) is 23.4. The molecule has 0 saturated heterocycles. The first-order valence-electron chi connectivity index (χ1n) is 34.9. The predicted octanol–water partition coefficient (Wildman–Crippen LogP) is 24.1.